The summed E-state index contributed by atoms with van der Waals surface area (Å²) in [4.78, 5) is 23.6. The van der Waals surface area contributed by atoms with E-state index in [9.17, 15) is 22.8 Å². The SMILES string of the molecule is CSC(CNC(=O)c1cccc(C(F)(F)F)c1)C(=O)NCC#N. The number of halogens is 3. The van der Waals surface area contributed by atoms with E-state index in [0.717, 1.165) is 30.0 Å². The predicted molar refractivity (Wildman–Crippen MR) is 79.7 cm³/mol. The Morgan fingerprint density at radius 1 is 1.35 bits per heavy atom. The zero-order valence-corrected chi connectivity index (χ0v) is 12.9. The van der Waals surface area contributed by atoms with Crippen molar-refractivity contribution >= 4 is 23.6 Å². The number of carbonyl (C=O) groups is 2. The van der Waals surface area contributed by atoms with Crippen LogP contribution >= 0.6 is 11.8 Å². The molecule has 1 aromatic carbocycles. The highest BCUT2D eigenvalue weighted by molar-refractivity contribution is 7.99. The Kier molecular flexibility index (Phi) is 6.90. The predicted octanol–water partition coefficient (Wildman–Crippen LogP) is 1.81. The minimum absolute atomic E-state index is 0.0620. The van der Waals surface area contributed by atoms with Gasteiger partial charge in [0.05, 0.1) is 11.6 Å². The Labute approximate surface area is 135 Å². The van der Waals surface area contributed by atoms with Gasteiger partial charge in [-0.05, 0) is 24.5 Å². The van der Waals surface area contributed by atoms with Crippen LogP contribution in [0.4, 0.5) is 13.2 Å². The second-order valence-corrected chi connectivity index (χ2v) is 5.43. The summed E-state index contributed by atoms with van der Waals surface area (Å²) >= 11 is 1.16. The van der Waals surface area contributed by atoms with Crippen molar-refractivity contribution in [3.8, 4) is 6.07 Å². The number of thioether (sulfide) groups is 1. The van der Waals surface area contributed by atoms with Crippen LogP contribution in [0.5, 0.6) is 0 Å². The van der Waals surface area contributed by atoms with Gasteiger partial charge in [-0.25, -0.2) is 0 Å². The maximum Gasteiger partial charge on any atom is 0.416 e. The van der Waals surface area contributed by atoms with Gasteiger partial charge in [-0.2, -0.15) is 30.2 Å². The van der Waals surface area contributed by atoms with Crippen LogP contribution in [0, 0.1) is 11.3 Å². The number of nitrogens with one attached hydrogen (secondary N) is 2. The van der Waals surface area contributed by atoms with Crippen LogP contribution in [0.3, 0.4) is 0 Å². The van der Waals surface area contributed by atoms with Gasteiger partial charge in [0.25, 0.3) is 5.91 Å². The molecule has 2 amide bonds. The topological polar surface area (TPSA) is 82.0 Å². The van der Waals surface area contributed by atoms with Crippen LogP contribution in [0.25, 0.3) is 0 Å². The van der Waals surface area contributed by atoms with E-state index in [1.54, 1.807) is 12.3 Å². The molecule has 1 unspecified atom stereocenters. The molecule has 0 aliphatic carbocycles. The number of carbonyl (C=O) groups excluding carboxylic acids is 2. The van der Waals surface area contributed by atoms with Crippen molar-refractivity contribution in [1.82, 2.24) is 10.6 Å². The molecule has 0 fully saturated rings. The number of rotatable bonds is 6. The van der Waals surface area contributed by atoms with Gasteiger partial charge in [0.15, 0.2) is 0 Å². The van der Waals surface area contributed by atoms with Crippen molar-refractivity contribution in [1.29, 1.82) is 5.26 Å². The van der Waals surface area contributed by atoms with Crippen LogP contribution in [-0.4, -0.2) is 36.4 Å². The first-order valence-corrected chi connectivity index (χ1v) is 7.71. The highest BCUT2D eigenvalue weighted by Gasteiger charge is 2.31. The fourth-order valence-electron chi connectivity index (χ4n) is 1.65. The maximum absolute atomic E-state index is 12.6. The number of amides is 2. The lowest BCUT2D eigenvalue weighted by Gasteiger charge is -2.14. The third-order valence-electron chi connectivity index (χ3n) is 2.82. The van der Waals surface area contributed by atoms with E-state index in [1.165, 1.54) is 6.07 Å². The summed E-state index contributed by atoms with van der Waals surface area (Å²) < 4.78 is 37.8. The summed E-state index contributed by atoms with van der Waals surface area (Å²) in [5.74, 6) is -1.13. The molecule has 5 nitrogen and oxygen atoms in total. The highest BCUT2D eigenvalue weighted by atomic mass is 32.2. The summed E-state index contributed by atoms with van der Waals surface area (Å²) in [6.07, 6.45) is -2.89. The van der Waals surface area contributed by atoms with Gasteiger partial charge in [0, 0.05) is 12.1 Å². The van der Waals surface area contributed by atoms with Gasteiger partial charge >= 0.3 is 6.18 Å². The number of hydrogen-bond donors (Lipinski definition) is 2. The van der Waals surface area contributed by atoms with Crippen molar-refractivity contribution in [2.24, 2.45) is 0 Å². The molecular weight excluding hydrogens is 331 g/mol. The van der Waals surface area contributed by atoms with Crippen LogP contribution in [-0.2, 0) is 11.0 Å². The standard InChI is InChI=1S/C14H14F3N3O2S/c1-23-11(13(22)19-6-5-18)8-20-12(21)9-3-2-4-10(7-9)14(15,16)17/h2-4,7,11H,6,8H2,1H3,(H,19,22)(H,20,21). The average molecular weight is 345 g/mol. The Morgan fingerprint density at radius 2 is 2.04 bits per heavy atom. The molecular formula is C14H14F3N3O2S. The Morgan fingerprint density at radius 3 is 2.61 bits per heavy atom. The molecule has 124 valence electrons. The minimum Gasteiger partial charge on any atom is -0.350 e. The van der Waals surface area contributed by atoms with Crippen LogP contribution in [0.15, 0.2) is 24.3 Å². The summed E-state index contributed by atoms with van der Waals surface area (Å²) in [5, 5.41) is 12.5. The second-order valence-electron chi connectivity index (χ2n) is 4.39. The Hall–Kier alpha value is -2.21. The molecule has 0 aliphatic rings. The second kappa shape index (κ2) is 8.43. The molecule has 0 aliphatic heterocycles. The quantitative estimate of drug-likeness (QED) is 0.771. The molecule has 0 heterocycles. The number of benzene rings is 1. The number of alkyl halides is 3. The Bertz CT molecular complexity index is 614. The van der Waals surface area contributed by atoms with Crippen LogP contribution < -0.4 is 10.6 Å². The fraction of sp³-hybridized carbons (Fsp3) is 0.357. The van der Waals surface area contributed by atoms with E-state index < -0.39 is 28.8 Å². The van der Waals surface area contributed by atoms with Gasteiger partial charge in [-0.1, -0.05) is 6.07 Å². The number of nitrogens with zero attached hydrogens (tertiary/aromatic N) is 1. The first-order chi connectivity index (χ1) is 10.8. The lowest BCUT2D eigenvalue weighted by atomic mass is 10.1. The largest absolute Gasteiger partial charge is 0.416 e. The molecule has 2 N–H and O–H groups in total. The fourth-order valence-corrected chi connectivity index (χ4v) is 2.20. The van der Waals surface area contributed by atoms with E-state index >= 15 is 0 Å². The van der Waals surface area contributed by atoms with E-state index in [4.69, 9.17) is 5.26 Å². The zero-order chi connectivity index (χ0) is 17.5. The van der Waals surface area contributed by atoms with Crippen molar-refractivity contribution in [2.75, 3.05) is 19.3 Å². The molecule has 9 heteroatoms. The van der Waals surface area contributed by atoms with Crippen molar-refractivity contribution < 1.29 is 22.8 Å². The van der Waals surface area contributed by atoms with Crippen molar-refractivity contribution in [3.05, 3.63) is 35.4 Å². The Balaban J connectivity index is 2.69. The first-order valence-electron chi connectivity index (χ1n) is 6.42. The number of nitriles is 1. The highest BCUT2D eigenvalue weighted by Crippen LogP contribution is 2.29. The molecule has 0 saturated heterocycles. The van der Waals surface area contributed by atoms with Crippen molar-refractivity contribution in [2.45, 2.75) is 11.4 Å². The molecule has 0 spiro atoms. The molecule has 23 heavy (non-hydrogen) atoms. The zero-order valence-electron chi connectivity index (χ0n) is 12.1. The van der Waals surface area contributed by atoms with Crippen LogP contribution in [0.1, 0.15) is 15.9 Å². The van der Waals surface area contributed by atoms with Gasteiger partial charge in [-0.15, -0.1) is 0 Å². The maximum atomic E-state index is 12.6. The molecule has 0 aromatic heterocycles. The van der Waals surface area contributed by atoms with Gasteiger partial charge in [0.2, 0.25) is 5.91 Å². The summed E-state index contributed by atoms with van der Waals surface area (Å²) in [5.41, 5.74) is -1.06. The van der Waals surface area contributed by atoms with Gasteiger partial charge in [0.1, 0.15) is 11.8 Å². The molecule has 1 rings (SSSR count). The summed E-state index contributed by atoms with van der Waals surface area (Å²) in [6.45, 7) is -0.217. The smallest absolute Gasteiger partial charge is 0.350 e. The third-order valence-corrected chi connectivity index (χ3v) is 3.77. The third kappa shape index (κ3) is 5.83. The van der Waals surface area contributed by atoms with E-state index in [1.807, 2.05) is 0 Å². The molecule has 0 saturated carbocycles. The normalized spacial score (nSPS) is 12.1. The molecule has 0 bridgehead atoms. The van der Waals surface area contributed by atoms with Crippen molar-refractivity contribution in [3.63, 3.8) is 0 Å². The summed E-state index contributed by atoms with van der Waals surface area (Å²) in [6, 6.07) is 5.78. The monoisotopic (exact) mass is 345 g/mol. The summed E-state index contributed by atoms with van der Waals surface area (Å²) in [7, 11) is 0. The average Bonchev–Trinajstić information content (AvgIpc) is 2.52. The van der Waals surface area contributed by atoms with E-state index in [2.05, 4.69) is 10.6 Å². The lowest BCUT2D eigenvalue weighted by molar-refractivity contribution is -0.137. The van der Waals surface area contributed by atoms with E-state index in [0.29, 0.717) is 0 Å². The molecule has 1 aromatic rings. The van der Waals surface area contributed by atoms with Gasteiger partial charge < -0.3 is 10.6 Å². The van der Waals surface area contributed by atoms with Gasteiger partial charge in [-0.3, -0.25) is 9.59 Å². The van der Waals surface area contributed by atoms with E-state index in [-0.39, 0.29) is 18.7 Å². The molecule has 0 radical (unpaired) electrons. The molecule has 1 atom stereocenters. The van der Waals surface area contributed by atoms with Crippen LogP contribution in [0.2, 0.25) is 0 Å². The number of hydrogen-bond acceptors (Lipinski definition) is 4. The minimum atomic E-state index is -4.53. The lowest BCUT2D eigenvalue weighted by Crippen LogP contribution is -2.41. The first kappa shape index (κ1) is 18.8.